The van der Waals surface area contributed by atoms with Crippen molar-refractivity contribution in [3.05, 3.63) is 52.1 Å². The SMILES string of the molecule is CC(C)=CC1=NC(c2cc(C)ccc2C)=C(C)C1. The Morgan fingerprint density at radius 1 is 1.17 bits per heavy atom. The minimum Gasteiger partial charge on any atom is -0.253 e. The average Bonchev–Trinajstić information content (AvgIpc) is 2.62. The summed E-state index contributed by atoms with van der Waals surface area (Å²) in [5, 5.41) is 0. The number of aryl methyl sites for hydroxylation is 2. The number of hydrogen-bond donors (Lipinski definition) is 0. The highest BCUT2D eigenvalue weighted by atomic mass is 14.8. The third-order valence-electron chi connectivity index (χ3n) is 3.21. The second-order valence-corrected chi connectivity index (χ2v) is 5.45. The summed E-state index contributed by atoms with van der Waals surface area (Å²) >= 11 is 0. The molecule has 1 heterocycles. The molecule has 0 fully saturated rings. The molecule has 0 atom stereocenters. The molecule has 1 heteroatoms. The first-order valence-corrected chi connectivity index (χ1v) is 6.47. The van der Waals surface area contributed by atoms with Crippen molar-refractivity contribution in [2.75, 3.05) is 0 Å². The van der Waals surface area contributed by atoms with Crippen LogP contribution in [0.1, 0.15) is 43.9 Å². The first kappa shape index (κ1) is 12.8. The number of hydrogen-bond acceptors (Lipinski definition) is 1. The molecule has 0 bridgehead atoms. The van der Waals surface area contributed by atoms with Crippen LogP contribution in [-0.4, -0.2) is 5.71 Å². The molecule has 0 N–H and O–H groups in total. The van der Waals surface area contributed by atoms with Crippen LogP contribution in [0.5, 0.6) is 0 Å². The molecular weight excluding hydrogens is 218 g/mol. The minimum atomic E-state index is 0.980. The summed E-state index contributed by atoms with van der Waals surface area (Å²) in [7, 11) is 0. The second kappa shape index (κ2) is 4.93. The maximum Gasteiger partial charge on any atom is 0.0701 e. The van der Waals surface area contributed by atoms with Gasteiger partial charge < -0.3 is 0 Å². The molecule has 1 aliphatic rings. The molecule has 0 radical (unpaired) electrons. The van der Waals surface area contributed by atoms with Crippen molar-refractivity contribution in [3.8, 4) is 0 Å². The Labute approximate surface area is 110 Å². The van der Waals surface area contributed by atoms with E-state index in [1.54, 1.807) is 0 Å². The molecule has 94 valence electrons. The van der Waals surface area contributed by atoms with Crippen molar-refractivity contribution in [2.24, 2.45) is 4.99 Å². The Kier molecular flexibility index (Phi) is 3.51. The van der Waals surface area contributed by atoms with Gasteiger partial charge in [-0.05, 0) is 57.9 Å². The molecule has 0 aliphatic carbocycles. The van der Waals surface area contributed by atoms with E-state index in [0.29, 0.717) is 0 Å². The summed E-state index contributed by atoms with van der Waals surface area (Å²) in [6, 6.07) is 6.58. The van der Waals surface area contributed by atoms with Crippen LogP contribution in [-0.2, 0) is 0 Å². The molecule has 1 aliphatic heterocycles. The maximum absolute atomic E-state index is 4.80. The summed E-state index contributed by atoms with van der Waals surface area (Å²) < 4.78 is 0. The van der Waals surface area contributed by atoms with Crippen LogP contribution < -0.4 is 0 Å². The molecule has 0 unspecified atom stereocenters. The number of aliphatic imine (C=N–C) groups is 1. The van der Waals surface area contributed by atoms with Crippen LogP contribution >= 0.6 is 0 Å². The Hall–Kier alpha value is -1.63. The van der Waals surface area contributed by atoms with Gasteiger partial charge in [-0.1, -0.05) is 23.3 Å². The fourth-order valence-electron chi connectivity index (χ4n) is 2.33. The predicted molar refractivity (Wildman–Crippen MR) is 80.0 cm³/mol. The van der Waals surface area contributed by atoms with Gasteiger partial charge in [-0.15, -0.1) is 0 Å². The van der Waals surface area contributed by atoms with Gasteiger partial charge in [0.15, 0.2) is 0 Å². The third kappa shape index (κ3) is 2.61. The Bertz CT molecular complexity index is 567. The van der Waals surface area contributed by atoms with Gasteiger partial charge >= 0.3 is 0 Å². The van der Waals surface area contributed by atoms with E-state index in [0.717, 1.165) is 6.42 Å². The number of nitrogens with zero attached hydrogens (tertiary/aromatic N) is 1. The first-order valence-electron chi connectivity index (χ1n) is 6.47. The van der Waals surface area contributed by atoms with Crippen molar-refractivity contribution in [2.45, 2.75) is 41.0 Å². The normalized spacial score (nSPS) is 14.8. The summed E-state index contributed by atoms with van der Waals surface area (Å²) in [6.07, 6.45) is 3.16. The monoisotopic (exact) mass is 239 g/mol. The molecule has 1 aromatic carbocycles. The van der Waals surface area contributed by atoms with E-state index in [4.69, 9.17) is 4.99 Å². The summed E-state index contributed by atoms with van der Waals surface area (Å²) in [5.74, 6) is 0. The van der Waals surface area contributed by atoms with Crippen LogP contribution in [0.15, 0.2) is 40.4 Å². The zero-order valence-electron chi connectivity index (χ0n) is 12.0. The van der Waals surface area contributed by atoms with Crippen molar-refractivity contribution in [1.29, 1.82) is 0 Å². The molecular formula is C17H21N. The molecule has 0 saturated carbocycles. The molecule has 0 spiro atoms. The van der Waals surface area contributed by atoms with E-state index < -0.39 is 0 Å². The smallest absolute Gasteiger partial charge is 0.0701 e. The van der Waals surface area contributed by atoms with Gasteiger partial charge in [0.05, 0.1) is 5.70 Å². The Balaban J connectivity index is 2.44. The molecule has 18 heavy (non-hydrogen) atoms. The van der Waals surface area contributed by atoms with E-state index >= 15 is 0 Å². The van der Waals surface area contributed by atoms with Crippen LogP contribution in [0, 0.1) is 13.8 Å². The first-order chi connectivity index (χ1) is 8.47. The van der Waals surface area contributed by atoms with Crippen molar-refractivity contribution in [1.82, 2.24) is 0 Å². The molecule has 1 nitrogen and oxygen atoms in total. The number of rotatable bonds is 2. The van der Waals surface area contributed by atoms with E-state index in [9.17, 15) is 0 Å². The van der Waals surface area contributed by atoms with Crippen LogP contribution in [0.3, 0.4) is 0 Å². The second-order valence-electron chi connectivity index (χ2n) is 5.45. The number of allylic oxidation sites excluding steroid dienone is 3. The fraction of sp³-hybridized carbons (Fsp3) is 0.353. The fourth-order valence-corrected chi connectivity index (χ4v) is 2.33. The molecule has 0 amide bonds. The topological polar surface area (TPSA) is 12.4 Å². The van der Waals surface area contributed by atoms with Gasteiger partial charge in [-0.25, -0.2) is 0 Å². The lowest BCUT2D eigenvalue weighted by atomic mass is 10.00. The lowest BCUT2D eigenvalue weighted by molar-refractivity contribution is 1.28. The van der Waals surface area contributed by atoms with Gasteiger partial charge in [0, 0.05) is 17.7 Å². The maximum atomic E-state index is 4.80. The van der Waals surface area contributed by atoms with Gasteiger partial charge in [0.25, 0.3) is 0 Å². The summed E-state index contributed by atoms with van der Waals surface area (Å²) in [4.78, 5) is 4.80. The molecule has 1 aromatic rings. The van der Waals surface area contributed by atoms with E-state index in [-0.39, 0.29) is 0 Å². The quantitative estimate of drug-likeness (QED) is 0.700. The molecule has 0 saturated heterocycles. The van der Waals surface area contributed by atoms with Gasteiger partial charge in [-0.3, -0.25) is 4.99 Å². The summed E-state index contributed by atoms with van der Waals surface area (Å²) in [5.41, 5.74) is 8.91. The van der Waals surface area contributed by atoms with Gasteiger partial charge in [-0.2, -0.15) is 0 Å². The van der Waals surface area contributed by atoms with E-state index in [2.05, 4.69) is 58.9 Å². The van der Waals surface area contributed by atoms with E-state index in [1.165, 1.54) is 39.2 Å². The molecule has 2 rings (SSSR count). The van der Waals surface area contributed by atoms with E-state index in [1.807, 2.05) is 0 Å². The lowest BCUT2D eigenvalue weighted by Crippen LogP contribution is -1.88. The minimum absolute atomic E-state index is 0.980. The van der Waals surface area contributed by atoms with Crippen molar-refractivity contribution >= 4 is 11.4 Å². The van der Waals surface area contributed by atoms with Crippen molar-refractivity contribution < 1.29 is 0 Å². The summed E-state index contributed by atoms with van der Waals surface area (Å²) in [6.45, 7) is 10.7. The lowest BCUT2D eigenvalue weighted by Gasteiger charge is -2.07. The highest BCUT2D eigenvalue weighted by Gasteiger charge is 2.16. The highest BCUT2D eigenvalue weighted by molar-refractivity contribution is 6.04. The van der Waals surface area contributed by atoms with Crippen molar-refractivity contribution in [3.63, 3.8) is 0 Å². The predicted octanol–water partition coefficient (Wildman–Crippen LogP) is 4.85. The Morgan fingerprint density at radius 2 is 1.89 bits per heavy atom. The standard InChI is InChI=1S/C17H21N/c1-11(2)8-15-10-14(5)17(18-15)16-9-12(3)6-7-13(16)4/h6-9H,10H2,1-5H3. The molecule has 0 aromatic heterocycles. The zero-order chi connectivity index (χ0) is 13.3. The van der Waals surface area contributed by atoms with Crippen LogP contribution in [0.2, 0.25) is 0 Å². The highest BCUT2D eigenvalue weighted by Crippen LogP contribution is 2.31. The van der Waals surface area contributed by atoms with Gasteiger partial charge in [0.2, 0.25) is 0 Å². The largest absolute Gasteiger partial charge is 0.253 e. The Morgan fingerprint density at radius 3 is 2.56 bits per heavy atom. The zero-order valence-corrected chi connectivity index (χ0v) is 12.0. The van der Waals surface area contributed by atoms with Crippen LogP contribution in [0.4, 0.5) is 0 Å². The van der Waals surface area contributed by atoms with Crippen LogP contribution in [0.25, 0.3) is 5.70 Å². The third-order valence-corrected chi connectivity index (χ3v) is 3.21. The number of benzene rings is 1. The van der Waals surface area contributed by atoms with Gasteiger partial charge in [0.1, 0.15) is 0 Å². The average molecular weight is 239 g/mol.